The molecular weight excluding hydrogens is 103 g/mol. The number of hydrogen-bond donors (Lipinski definition) is 0. The first-order valence-electron chi connectivity index (χ1n) is 0.333. The second-order valence-corrected chi connectivity index (χ2v) is 0.612. The molecule has 0 bridgehead atoms. The fourth-order valence-electron chi connectivity index (χ4n) is 0. The molecule has 0 N–H and O–H groups in total. The summed E-state index contributed by atoms with van der Waals surface area (Å²) in [5.41, 5.74) is 0. The van der Waals surface area contributed by atoms with E-state index < -0.39 is 0 Å². The van der Waals surface area contributed by atoms with E-state index in [1.165, 1.54) is 0 Å². The molecule has 0 aromatic carbocycles. The molecule has 0 aromatic rings. The van der Waals surface area contributed by atoms with Gasteiger partial charge in [0.25, 0.3) is 0 Å². The Labute approximate surface area is 54.8 Å². The normalized spacial score (nSPS) is 3.00. The molecule has 0 unspecified atom stereocenters. The average molecular weight is 103 g/mol. The smallest absolute Gasteiger partial charge is 0.200 e. The van der Waals surface area contributed by atoms with Gasteiger partial charge in [-0.1, -0.05) is 0 Å². The van der Waals surface area contributed by atoms with Gasteiger partial charge in [0.2, 0.25) is 0 Å². The van der Waals surface area contributed by atoms with E-state index in [0.717, 1.165) is 0 Å². The van der Waals surface area contributed by atoms with E-state index in [9.17, 15) is 0 Å². The monoisotopic (exact) mass is 103 g/mol. The van der Waals surface area contributed by atoms with Gasteiger partial charge >= 0.3 is 29.6 Å². The van der Waals surface area contributed by atoms with Gasteiger partial charge in [0.15, 0.2) is 10.2 Å². The summed E-state index contributed by atoms with van der Waals surface area (Å²) in [6, 6.07) is 0. The number of hydrogen-bond acceptors (Lipinski definition) is 2. The molecule has 1 nitrogen and oxygen atoms in total. The maximum Gasteiger partial charge on any atom is 1.00 e. The van der Waals surface area contributed by atoms with Crippen LogP contribution < -0.4 is 29.6 Å². The molecule has 0 aliphatic carbocycles. The zero-order valence-corrected chi connectivity index (χ0v) is 5.86. The Bertz CT molecular complexity index is 27.0. The van der Waals surface area contributed by atoms with Gasteiger partial charge in [-0.3, -0.25) is 0 Å². The van der Waals surface area contributed by atoms with Crippen LogP contribution in [0, 0.1) is 0 Å². The number of rotatable bonds is 0. The SMILES string of the molecule is O=S=S.[Na+]. The first kappa shape index (κ1) is 8.97. The van der Waals surface area contributed by atoms with Crippen molar-refractivity contribution in [3.63, 3.8) is 0 Å². The predicted octanol–water partition coefficient (Wildman–Crippen LogP) is -3.33. The van der Waals surface area contributed by atoms with E-state index in [0.29, 0.717) is 0 Å². The summed E-state index contributed by atoms with van der Waals surface area (Å²) in [6.07, 6.45) is 0. The zero-order chi connectivity index (χ0) is 2.71. The molecule has 18 valence electrons. The third-order valence-electron chi connectivity index (χ3n) is 0. The van der Waals surface area contributed by atoms with Crippen LogP contribution in [0.5, 0.6) is 0 Å². The molecule has 0 aliphatic rings. The second-order valence-electron chi connectivity index (χ2n) is 0.0680. The Morgan fingerprint density at radius 3 is 1.75 bits per heavy atom. The summed E-state index contributed by atoms with van der Waals surface area (Å²) in [4.78, 5) is 0. The van der Waals surface area contributed by atoms with Crippen LogP contribution in [-0.2, 0) is 21.4 Å². The standard InChI is InChI=1S/Na.OS2/c;1-3-2/q+1;. The summed E-state index contributed by atoms with van der Waals surface area (Å²) >= 11 is 3.75. The molecular formula is NaOS2+. The van der Waals surface area contributed by atoms with Crippen molar-refractivity contribution in [3.8, 4) is 0 Å². The van der Waals surface area contributed by atoms with Gasteiger partial charge in [-0.25, -0.2) is 0 Å². The summed E-state index contributed by atoms with van der Waals surface area (Å²) in [7, 11) is 0.0833. The van der Waals surface area contributed by atoms with Crippen LogP contribution in [0.1, 0.15) is 0 Å². The third kappa shape index (κ3) is 10.6. The Hall–Kier alpha value is 1.24. The first-order valence-corrected chi connectivity index (χ1v) is 2.00. The maximum absolute atomic E-state index is 8.66. The average Bonchev–Trinajstić information content (AvgIpc) is 0.918. The molecule has 0 amide bonds. The minimum absolute atomic E-state index is 0. The van der Waals surface area contributed by atoms with Crippen LogP contribution >= 0.6 is 0 Å². The van der Waals surface area contributed by atoms with E-state index in [2.05, 4.69) is 11.2 Å². The molecule has 4 heteroatoms. The molecule has 0 rings (SSSR count). The minimum Gasteiger partial charge on any atom is -0.200 e. The van der Waals surface area contributed by atoms with Crippen molar-refractivity contribution in [2.75, 3.05) is 0 Å². The van der Waals surface area contributed by atoms with Crippen molar-refractivity contribution >= 4 is 21.4 Å². The van der Waals surface area contributed by atoms with Crippen LogP contribution in [0.3, 0.4) is 0 Å². The Kier molecular flexibility index (Phi) is 19.9. The van der Waals surface area contributed by atoms with Gasteiger partial charge in [0.05, 0.1) is 0 Å². The maximum atomic E-state index is 8.66. The van der Waals surface area contributed by atoms with E-state index in [-0.39, 0.29) is 39.8 Å². The van der Waals surface area contributed by atoms with Crippen LogP contribution in [0.25, 0.3) is 0 Å². The fraction of sp³-hybridized carbons (Fsp3) is 0. The zero-order valence-electron chi connectivity index (χ0n) is 2.22. The third-order valence-corrected chi connectivity index (χ3v) is 0. The van der Waals surface area contributed by atoms with E-state index in [1.807, 2.05) is 0 Å². The molecule has 0 saturated heterocycles. The van der Waals surface area contributed by atoms with Crippen molar-refractivity contribution in [2.45, 2.75) is 0 Å². The van der Waals surface area contributed by atoms with E-state index in [1.54, 1.807) is 0 Å². The van der Waals surface area contributed by atoms with Gasteiger partial charge in [0, 0.05) is 11.2 Å². The van der Waals surface area contributed by atoms with Crippen LogP contribution in [0.15, 0.2) is 0 Å². The summed E-state index contributed by atoms with van der Waals surface area (Å²) < 4.78 is 8.66. The first-order chi connectivity index (χ1) is 1.41. The largest absolute Gasteiger partial charge is 1.00 e. The van der Waals surface area contributed by atoms with Crippen LogP contribution in [0.2, 0.25) is 0 Å². The van der Waals surface area contributed by atoms with Crippen molar-refractivity contribution in [2.24, 2.45) is 0 Å². The quantitative estimate of drug-likeness (QED) is 0.298. The van der Waals surface area contributed by atoms with Crippen molar-refractivity contribution in [3.05, 3.63) is 0 Å². The molecule has 0 heterocycles. The molecule has 0 atom stereocenters. The van der Waals surface area contributed by atoms with Gasteiger partial charge in [-0.15, -0.1) is 0 Å². The van der Waals surface area contributed by atoms with Gasteiger partial charge in [-0.2, -0.15) is 4.21 Å². The fourth-order valence-corrected chi connectivity index (χ4v) is 0. The Morgan fingerprint density at radius 2 is 1.75 bits per heavy atom. The van der Waals surface area contributed by atoms with Gasteiger partial charge in [0.1, 0.15) is 0 Å². The van der Waals surface area contributed by atoms with E-state index in [4.69, 9.17) is 4.21 Å². The Morgan fingerprint density at radius 1 is 1.75 bits per heavy atom. The van der Waals surface area contributed by atoms with Crippen LogP contribution in [0.4, 0.5) is 0 Å². The molecule has 4 heavy (non-hydrogen) atoms. The molecule has 0 saturated carbocycles. The van der Waals surface area contributed by atoms with Crippen LogP contribution in [-0.4, -0.2) is 4.21 Å². The molecule has 0 fully saturated rings. The van der Waals surface area contributed by atoms with Crippen molar-refractivity contribution < 1.29 is 33.8 Å². The predicted molar refractivity (Wildman–Crippen MR) is 15.5 cm³/mol. The summed E-state index contributed by atoms with van der Waals surface area (Å²) in [5, 5.41) is 0. The van der Waals surface area contributed by atoms with Gasteiger partial charge in [-0.05, 0) is 0 Å². The molecule has 0 aliphatic heterocycles. The topological polar surface area (TPSA) is 17.1 Å². The van der Waals surface area contributed by atoms with Crippen molar-refractivity contribution in [1.29, 1.82) is 0 Å². The second kappa shape index (κ2) is 8.87. The summed E-state index contributed by atoms with van der Waals surface area (Å²) in [5.74, 6) is 0. The summed E-state index contributed by atoms with van der Waals surface area (Å²) in [6.45, 7) is 0. The van der Waals surface area contributed by atoms with E-state index >= 15 is 0 Å². The Balaban J connectivity index is 0. The molecule has 0 radical (unpaired) electrons. The molecule has 0 spiro atoms. The minimum atomic E-state index is 0. The van der Waals surface area contributed by atoms with Gasteiger partial charge < -0.3 is 0 Å². The molecule has 0 aromatic heterocycles. The van der Waals surface area contributed by atoms with Crippen molar-refractivity contribution in [1.82, 2.24) is 0 Å².